The first kappa shape index (κ1) is 15.1. The zero-order chi connectivity index (χ0) is 16.4. The maximum Gasteiger partial charge on any atom is 0.420 e. The van der Waals surface area contributed by atoms with E-state index in [1.54, 1.807) is 25.1 Å². The lowest BCUT2D eigenvalue weighted by atomic mass is 10.1. The number of fused-ring (bicyclic) bond motifs is 1. The smallest absolute Gasteiger partial charge is 0.408 e. The fourth-order valence-corrected chi connectivity index (χ4v) is 2.61. The average Bonchev–Trinajstić information content (AvgIpc) is 2.89. The molecule has 0 saturated carbocycles. The third-order valence-electron chi connectivity index (χ3n) is 4.00. The van der Waals surface area contributed by atoms with Crippen LogP contribution < -0.4 is 11.1 Å². The number of para-hydroxylation sites is 2. The van der Waals surface area contributed by atoms with Crippen molar-refractivity contribution < 1.29 is 9.21 Å². The molecule has 1 amide bonds. The molecular weight excluding hydrogens is 292 g/mol. The van der Waals surface area contributed by atoms with Crippen LogP contribution >= 0.6 is 0 Å². The van der Waals surface area contributed by atoms with E-state index in [9.17, 15) is 9.59 Å². The Morgan fingerprint density at radius 3 is 2.65 bits per heavy atom. The third-order valence-corrected chi connectivity index (χ3v) is 4.00. The van der Waals surface area contributed by atoms with Crippen molar-refractivity contribution in [3.63, 3.8) is 0 Å². The second-order valence-corrected chi connectivity index (χ2v) is 5.53. The van der Waals surface area contributed by atoms with Crippen LogP contribution in [-0.2, 0) is 11.3 Å². The molecule has 1 unspecified atom stereocenters. The van der Waals surface area contributed by atoms with Gasteiger partial charge in [-0.1, -0.05) is 36.4 Å². The number of carbonyl (C=O) groups excluding carboxylic acids is 1. The molecule has 1 aromatic heterocycles. The van der Waals surface area contributed by atoms with Crippen molar-refractivity contribution in [2.24, 2.45) is 0 Å². The molecule has 0 aliphatic rings. The van der Waals surface area contributed by atoms with Gasteiger partial charge in [-0.05, 0) is 37.1 Å². The van der Waals surface area contributed by atoms with E-state index in [0.29, 0.717) is 17.6 Å². The van der Waals surface area contributed by atoms with Crippen LogP contribution in [0.4, 0.5) is 0 Å². The van der Waals surface area contributed by atoms with E-state index in [2.05, 4.69) is 5.32 Å². The molecule has 1 N–H and O–H groups in total. The lowest BCUT2D eigenvalue weighted by molar-refractivity contribution is -0.124. The Bertz CT molecular complexity index is 908. The molecule has 0 fully saturated rings. The summed E-state index contributed by atoms with van der Waals surface area (Å²) in [6, 6.07) is 14.3. The first-order chi connectivity index (χ1) is 11.1. The number of hydrogen-bond acceptors (Lipinski definition) is 3. The third kappa shape index (κ3) is 2.90. The number of carbonyl (C=O) groups is 1. The second kappa shape index (κ2) is 6.12. The molecule has 0 aliphatic carbocycles. The quantitative estimate of drug-likeness (QED) is 0.806. The summed E-state index contributed by atoms with van der Waals surface area (Å²) < 4.78 is 6.56. The van der Waals surface area contributed by atoms with Gasteiger partial charge in [-0.25, -0.2) is 4.79 Å². The van der Waals surface area contributed by atoms with Gasteiger partial charge < -0.3 is 9.73 Å². The van der Waals surface area contributed by atoms with Gasteiger partial charge >= 0.3 is 5.76 Å². The van der Waals surface area contributed by atoms with Gasteiger partial charge in [0.1, 0.15) is 6.04 Å². The molecular formula is C18H18N2O3. The standard InChI is InChI=1S/C18H18N2O3/c1-12-7-3-4-8-14(12)11-19-17(21)13(2)20-15-9-5-6-10-16(15)23-18(20)22/h3-10,13H,11H2,1-2H3,(H,19,21). The largest absolute Gasteiger partial charge is 0.420 e. The fraction of sp³-hybridized carbons (Fsp3) is 0.222. The van der Waals surface area contributed by atoms with E-state index in [1.165, 1.54) is 4.57 Å². The Hall–Kier alpha value is -2.82. The highest BCUT2D eigenvalue weighted by atomic mass is 16.4. The van der Waals surface area contributed by atoms with Gasteiger partial charge in [-0.3, -0.25) is 9.36 Å². The molecule has 1 heterocycles. The Balaban J connectivity index is 1.81. The molecule has 0 saturated heterocycles. The molecule has 1 atom stereocenters. The first-order valence-electron chi connectivity index (χ1n) is 7.50. The molecule has 23 heavy (non-hydrogen) atoms. The number of aryl methyl sites for hydroxylation is 1. The van der Waals surface area contributed by atoms with Crippen LogP contribution in [0.3, 0.4) is 0 Å². The van der Waals surface area contributed by atoms with Crippen molar-refractivity contribution in [1.29, 1.82) is 0 Å². The van der Waals surface area contributed by atoms with Crippen molar-refractivity contribution >= 4 is 17.0 Å². The lowest BCUT2D eigenvalue weighted by Crippen LogP contribution is -2.34. The number of rotatable bonds is 4. The number of hydrogen-bond donors (Lipinski definition) is 1. The summed E-state index contributed by atoms with van der Waals surface area (Å²) >= 11 is 0. The minimum Gasteiger partial charge on any atom is -0.408 e. The molecule has 3 rings (SSSR count). The normalized spacial score (nSPS) is 12.3. The van der Waals surface area contributed by atoms with E-state index in [0.717, 1.165) is 11.1 Å². The SMILES string of the molecule is Cc1ccccc1CNC(=O)C(C)n1c(=O)oc2ccccc21. The van der Waals surface area contributed by atoms with E-state index < -0.39 is 11.8 Å². The van der Waals surface area contributed by atoms with Gasteiger partial charge in [-0.15, -0.1) is 0 Å². The topological polar surface area (TPSA) is 64.2 Å². The van der Waals surface area contributed by atoms with Crippen molar-refractivity contribution in [2.45, 2.75) is 26.4 Å². The van der Waals surface area contributed by atoms with E-state index in [-0.39, 0.29) is 5.91 Å². The van der Waals surface area contributed by atoms with Gasteiger partial charge in [-0.2, -0.15) is 0 Å². The Morgan fingerprint density at radius 1 is 1.17 bits per heavy atom. The molecule has 0 spiro atoms. The number of aromatic nitrogens is 1. The molecule has 118 valence electrons. The number of nitrogens with zero attached hydrogens (tertiary/aromatic N) is 1. The van der Waals surface area contributed by atoms with Gasteiger partial charge in [0.2, 0.25) is 5.91 Å². The number of oxazole rings is 1. The lowest BCUT2D eigenvalue weighted by Gasteiger charge is -2.14. The Labute approximate surface area is 133 Å². The summed E-state index contributed by atoms with van der Waals surface area (Å²) in [5.74, 6) is -0.744. The molecule has 5 heteroatoms. The fourth-order valence-electron chi connectivity index (χ4n) is 2.61. The average molecular weight is 310 g/mol. The van der Waals surface area contributed by atoms with Crippen LogP contribution in [0.2, 0.25) is 0 Å². The highest BCUT2D eigenvalue weighted by Crippen LogP contribution is 2.17. The van der Waals surface area contributed by atoms with Crippen LogP contribution in [-0.4, -0.2) is 10.5 Å². The van der Waals surface area contributed by atoms with Gasteiger partial charge in [0, 0.05) is 6.54 Å². The van der Waals surface area contributed by atoms with Gasteiger partial charge in [0.25, 0.3) is 0 Å². The van der Waals surface area contributed by atoms with E-state index in [4.69, 9.17) is 4.42 Å². The van der Waals surface area contributed by atoms with Crippen LogP contribution in [0.5, 0.6) is 0 Å². The molecule has 0 radical (unpaired) electrons. The van der Waals surface area contributed by atoms with E-state index in [1.807, 2.05) is 37.3 Å². The summed E-state index contributed by atoms with van der Waals surface area (Å²) in [5.41, 5.74) is 3.27. The minimum atomic E-state index is -0.643. The van der Waals surface area contributed by atoms with Crippen molar-refractivity contribution in [2.75, 3.05) is 0 Å². The highest BCUT2D eigenvalue weighted by Gasteiger charge is 2.20. The van der Waals surface area contributed by atoms with Crippen molar-refractivity contribution in [3.05, 3.63) is 70.2 Å². The summed E-state index contributed by atoms with van der Waals surface area (Å²) in [4.78, 5) is 24.4. The summed E-state index contributed by atoms with van der Waals surface area (Å²) in [6.07, 6.45) is 0. The van der Waals surface area contributed by atoms with Gasteiger partial charge in [0.15, 0.2) is 5.58 Å². The zero-order valence-corrected chi connectivity index (χ0v) is 13.1. The monoisotopic (exact) mass is 310 g/mol. The van der Waals surface area contributed by atoms with Crippen LogP contribution in [0, 0.1) is 6.92 Å². The zero-order valence-electron chi connectivity index (χ0n) is 13.1. The van der Waals surface area contributed by atoms with E-state index >= 15 is 0 Å². The first-order valence-corrected chi connectivity index (χ1v) is 7.50. The maximum atomic E-state index is 12.4. The second-order valence-electron chi connectivity index (χ2n) is 5.53. The number of benzene rings is 2. The molecule has 2 aromatic carbocycles. The van der Waals surface area contributed by atoms with Gasteiger partial charge in [0.05, 0.1) is 5.52 Å². The predicted molar refractivity (Wildman–Crippen MR) is 88.2 cm³/mol. The number of amides is 1. The minimum absolute atomic E-state index is 0.220. The van der Waals surface area contributed by atoms with Crippen LogP contribution in [0.15, 0.2) is 57.7 Å². The summed E-state index contributed by atoms with van der Waals surface area (Å²) in [6.45, 7) is 4.12. The van der Waals surface area contributed by atoms with Crippen molar-refractivity contribution in [3.8, 4) is 0 Å². The number of nitrogens with one attached hydrogen (secondary N) is 1. The van der Waals surface area contributed by atoms with Crippen LogP contribution in [0.1, 0.15) is 24.1 Å². The predicted octanol–water partition coefficient (Wildman–Crippen LogP) is 2.78. The molecule has 5 nitrogen and oxygen atoms in total. The molecule has 3 aromatic rings. The summed E-state index contributed by atoms with van der Waals surface area (Å²) in [5, 5.41) is 2.88. The highest BCUT2D eigenvalue weighted by molar-refractivity contribution is 5.82. The molecule has 0 aliphatic heterocycles. The Kier molecular flexibility index (Phi) is 4.02. The molecule has 0 bridgehead atoms. The summed E-state index contributed by atoms with van der Waals surface area (Å²) in [7, 11) is 0. The maximum absolute atomic E-state index is 12.4. The van der Waals surface area contributed by atoms with Crippen LogP contribution in [0.25, 0.3) is 11.1 Å². The van der Waals surface area contributed by atoms with Crippen molar-refractivity contribution in [1.82, 2.24) is 9.88 Å². The Morgan fingerprint density at radius 2 is 1.87 bits per heavy atom.